The Hall–Kier alpha value is -1.64. The predicted octanol–water partition coefficient (Wildman–Crippen LogP) is 3.14. The summed E-state index contributed by atoms with van der Waals surface area (Å²) in [7, 11) is 3.71. The highest BCUT2D eigenvalue weighted by molar-refractivity contribution is 9.10. The van der Waals surface area contributed by atoms with Gasteiger partial charge in [0.25, 0.3) is 5.91 Å². The molecule has 0 bridgehead atoms. The number of piperidine rings is 1. The molecule has 4 rings (SSSR count). The van der Waals surface area contributed by atoms with Crippen molar-refractivity contribution in [3.63, 3.8) is 0 Å². The maximum Gasteiger partial charge on any atom is 0.255 e. The van der Waals surface area contributed by atoms with Crippen molar-refractivity contribution in [3.05, 3.63) is 28.5 Å². The quantitative estimate of drug-likeness (QED) is 0.704. The van der Waals surface area contributed by atoms with Crippen LogP contribution in [0.4, 0.5) is 0 Å². The number of amides is 1. The highest BCUT2D eigenvalue weighted by Crippen LogP contribution is 2.33. The van der Waals surface area contributed by atoms with Crippen molar-refractivity contribution in [1.82, 2.24) is 19.6 Å². The Balaban J connectivity index is 1.67. The Bertz CT molecular complexity index is 943. The van der Waals surface area contributed by atoms with E-state index in [-0.39, 0.29) is 11.9 Å². The maximum absolute atomic E-state index is 12.8. The van der Waals surface area contributed by atoms with Crippen LogP contribution in [-0.2, 0) is 0 Å². The molecule has 0 unspecified atom stereocenters. The summed E-state index contributed by atoms with van der Waals surface area (Å²) in [5.74, 6) is 0.517. The molecule has 1 N–H and O–H groups in total. The van der Waals surface area contributed by atoms with Gasteiger partial charge < -0.3 is 15.0 Å². The van der Waals surface area contributed by atoms with E-state index >= 15 is 0 Å². The SMILES string of the molecule is COc1cc2c(cc1C(=O)NC1CCN(C)CC1)sc1nc(Br)cn12. The molecule has 1 fully saturated rings. The molecule has 1 aromatic carbocycles. The molecular weight excluding hydrogens is 404 g/mol. The number of carbonyl (C=O) groups excluding carboxylic acids is 1. The molecule has 1 amide bonds. The average molecular weight is 423 g/mol. The number of benzene rings is 1. The van der Waals surface area contributed by atoms with Crippen molar-refractivity contribution >= 4 is 48.4 Å². The minimum Gasteiger partial charge on any atom is -0.496 e. The minimum absolute atomic E-state index is 0.0690. The zero-order valence-electron chi connectivity index (χ0n) is 14.1. The Morgan fingerprint density at radius 3 is 2.88 bits per heavy atom. The van der Waals surface area contributed by atoms with Crippen molar-refractivity contribution < 1.29 is 9.53 Å². The molecule has 0 saturated carbocycles. The summed E-state index contributed by atoms with van der Waals surface area (Å²) < 4.78 is 9.31. The van der Waals surface area contributed by atoms with Crippen molar-refractivity contribution in [2.24, 2.45) is 0 Å². The smallest absolute Gasteiger partial charge is 0.255 e. The molecule has 0 spiro atoms. The summed E-state index contributed by atoms with van der Waals surface area (Å²) in [6.07, 6.45) is 3.88. The molecule has 1 aliphatic rings. The zero-order valence-corrected chi connectivity index (χ0v) is 16.5. The molecule has 8 heteroatoms. The minimum atomic E-state index is -0.0690. The van der Waals surface area contributed by atoms with Gasteiger partial charge in [-0.3, -0.25) is 9.20 Å². The normalized spacial score (nSPS) is 16.6. The Morgan fingerprint density at radius 1 is 1.40 bits per heavy atom. The molecule has 132 valence electrons. The van der Waals surface area contributed by atoms with Crippen LogP contribution in [0.1, 0.15) is 23.2 Å². The van der Waals surface area contributed by atoms with Crippen LogP contribution < -0.4 is 10.1 Å². The number of hydrogen-bond donors (Lipinski definition) is 1. The van der Waals surface area contributed by atoms with Gasteiger partial charge in [-0.25, -0.2) is 4.98 Å². The molecule has 0 atom stereocenters. The van der Waals surface area contributed by atoms with Gasteiger partial charge >= 0.3 is 0 Å². The van der Waals surface area contributed by atoms with E-state index in [0.717, 1.165) is 45.7 Å². The summed E-state index contributed by atoms with van der Waals surface area (Å²) in [5.41, 5.74) is 1.57. The lowest BCUT2D eigenvalue weighted by Crippen LogP contribution is -2.43. The van der Waals surface area contributed by atoms with Crippen LogP contribution in [0.15, 0.2) is 22.9 Å². The van der Waals surface area contributed by atoms with Crippen LogP contribution in [-0.4, -0.2) is 53.5 Å². The van der Waals surface area contributed by atoms with Gasteiger partial charge in [-0.1, -0.05) is 11.3 Å². The first kappa shape index (κ1) is 16.8. The van der Waals surface area contributed by atoms with Gasteiger partial charge in [0.05, 0.1) is 22.9 Å². The van der Waals surface area contributed by atoms with E-state index in [2.05, 4.69) is 38.2 Å². The lowest BCUT2D eigenvalue weighted by Gasteiger charge is -2.29. The third kappa shape index (κ3) is 3.14. The number of aromatic nitrogens is 2. The van der Waals surface area contributed by atoms with Crippen LogP contribution >= 0.6 is 27.3 Å². The maximum atomic E-state index is 12.8. The highest BCUT2D eigenvalue weighted by atomic mass is 79.9. The topological polar surface area (TPSA) is 58.9 Å². The lowest BCUT2D eigenvalue weighted by atomic mass is 10.0. The third-order valence-corrected chi connectivity index (χ3v) is 6.08. The van der Waals surface area contributed by atoms with Gasteiger partial charge in [-0.05, 0) is 55.0 Å². The number of carbonyl (C=O) groups is 1. The van der Waals surface area contributed by atoms with Gasteiger partial charge in [0.2, 0.25) is 0 Å². The van der Waals surface area contributed by atoms with E-state index in [0.29, 0.717) is 11.3 Å². The fourth-order valence-corrected chi connectivity index (χ4v) is 4.78. The van der Waals surface area contributed by atoms with E-state index in [4.69, 9.17) is 4.74 Å². The molecular formula is C17H19BrN4O2S. The number of likely N-dealkylation sites (tertiary alicyclic amines) is 1. The summed E-state index contributed by atoms with van der Waals surface area (Å²) in [6, 6.07) is 4.04. The van der Waals surface area contributed by atoms with Gasteiger partial charge in [0.15, 0.2) is 4.96 Å². The first-order valence-corrected chi connectivity index (χ1v) is 9.80. The first-order valence-electron chi connectivity index (χ1n) is 8.19. The lowest BCUT2D eigenvalue weighted by molar-refractivity contribution is 0.0914. The number of halogens is 1. The number of nitrogens with one attached hydrogen (secondary N) is 1. The predicted molar refractivity (Wildman–Crippen MR) is 103 cm³/mol. The van der Waals surface area contributed by atoms with E-state index in [1.807, 2.05) is 22.7 Å². The van der Waals surface area contributed by atoms with Crippen molar-refractivity contribution in [2.75, 3.05) is 27.2 Å². The second-order valence-electron chi connectivity index (χ2n) is 6.39. The third-order valence-electron chi connectivity index (χ3n) is 4.68. The van der Waals surface area contributed by atoms with E-state index in [1.165, 1.54) is 0 Å². The number of thiazole rings is 1. The molecule has 2 aromatic heterocycles. The zero-order chi connectivity index (χ0) is 17.6. The van der Waals surface area contributed by atoms with Crippen molar-refractivity contribution in [2.45, 2.75) is 18.9 Å². The number of hydrogen-bond acceptors (Lipinski definition) is 5. The number of imidazole rings is 1. The van der Waals surface area contributed by atoms with E-state index in [1.54, 1.807) is 18.4 Å². The average Bonchev–Trinajstić information content (AvgIpc) is 3.11. The van der Waals surface area contributed by atoms with Crippen LogP contribution in [0.2, 0.25) is 0 Å². The Labute approximate surface area is 157 Å². The van der Waals surface area contributed by atoms with Gasteiger partial charge in [0.1, 0.15) is 10.4 Å². The molecule has 6 nitrogen and oxygen atoms in total. The second-order valence-corrected chi connectivity index (χ2v) is 8.21. The van der Waals surface area contributed by atoms with Crippen LogP contribution in [0, 0.1) is 0 Å². The second kappa shape index (κ2) is 6.59. The monoisotopic (exact) mass is 422 g/mol. The van der Waals surface area contributed by atoms with Gasteiger partial charge in [-0.15, -0.1) is 0 Å². The molecule has 25 heavy (non-hydrogen) atoms. The molecule has 1 saturated heterocycles. The molecule has 3 aromatic rings. The summed E-state index contributed by atoms with van der Waals surface area (Å²) >= 11 is 4.96. The van der Waals surface area contributed by atoms with E-state index in [9.17, 15) is 4.79 Å². The number of rotatable bonds is 3. The first-order chi connectivity index (χ1) is 12.0. The van der Waals surface area contributed by atoms with Crippen molar-refractivity contribution in [1.29, 1.82) is 0 Å². The molecule has 1 aliphatic heterocycles. The molecule has 0 radical (unpaired) electrons. The fourth-order valence-electron chi connectivity index (χ4n) is 3.26. The van der Waals surface area contributed by atoms with Crippen LogP contribution in [0.25, 0.3) is 15.2 Å². The molecule has 3 heterocycles. The Morgan fingerprint density at radius 2 is 2.16 bits per heavy atom. The van der Waals surface area contributed by atoms with Gasteiger partial charge in [0, 0.05) is 18.3 Å². The summed E-state index contributed by atoms with van der Waals surface area (Å²) in [6.45, 7) is 2.02. The molecule has 0 aliphatic carbocycles. The van der Waals surface area contributed by atoms with Crippen LogP contribution in [0.3, 0.4) is 0 Å². The largest absolute Gasteiger partial charge is 0.496 e. The number of methoxy groups -OCH3 is 1. The standard InChI is InChI=1S/C17H19BrN4O2S/c1-21-5-3-10(4-6-21)19-16(23)11-7-14-12(8-13(11)24-2)22-9-15(18)20-17(22)25-14/h7-10H,3-6H2,1-2H3,(H,19,23). The highest BCUT2D eigenvalue weighted by Gasteiger charge is 2.22. The number of fused-ring (bicyclic) bond motifs is 3. The van der Waals surface area contributed by atoms with E-state index < -0.39 is 0 Å². The Kier molecular flexibility index (Phi) is 4.43. The van der Waals surface area contributed by atoms with Gasteiger partial charge in [-0.2, -0.15) is 0 Å². The summed E-state index contributed by atoms with van der Waals surface area (Å²) in [4.78, 5) is 20.4. The number of nitrogens with zero attached hydrogens (tertiary/aromatic N) is 3. The number of ether oxygens (including phenoxy) is 1. The van der Waals surface area contributed by atoms with Crippen LogP contribution in [0.5, 0.6) is 5.75 Å². The van der Waals surface area contributed by atoms with Crippen molar-refractivity contribution in [3.8, 4) is 5.75 Å². The fraction of sp³-hybridized carbons (Fsp3) is 0.412. The summed E-state index contributed by atoms with van der Waals surface area (Å²) in [5, 5.41) is 3.16.